The first kappa shape index (κ1) is 20.7. The van der Waals surface area contributed by atoms with Crippen LogP contribution in [-0.2, 0) is 9.59 Å². The SMILES string of the molecule is CC(C)=CCC12C/C=C(\C)COc3cccc4c3C(=O)[C@](C(=O)C[C@@H]1C)(C2=O)[C@@H]4O. The lowest BCUT2D eigenvalue weighted by molar-refractivity contribution is -0.160. The number of hydrogen-bond acceptors (Lipinski definition) is 5. The molecule has 3 bridgehead atoms. The second-order valence-electron chi connectivity index (χ2n) is 9.30. The molecule has 1 aliphatic heterocycles. The molecule has 1 aromatic carbocycles. The van der Waals surface area contributed by atoms with Crippen molar-refractivity contribution in [2.75, 3.05) is 6.61 Å². The van der Waals surface area contributed by atoms with E-state index in [2.05, 4.69) is 0 Å². The van der Waals surface area contributed by atoms with Crippen LogP contribution < -0.4 is 4.74 Å². The van der Waals surface area contributed by atoms with Crippen LogP contribution >= 0.6 is 0 Å². The van der Waals surface area contributed by atoms with E-state index in [1.807, 2.05) is 39.8 Å². The third-order valence-corrected chi connectivity index (χ3v) is 7.18. The maximum absolute atomic E-state index is 14.2. The molecule has 0 aromatic heterocycles. The first-order valence-electron chi connectivity index (χ1n) is 10.5. The number of Topliss-reactive ketones (excluding diaryl/α,β-unsaturated/α-hetero) is 3. The van der Waals surface area contributed by atoms with Crippen molar-refractivity contribution in [1.82, 2.24) is 0 Å². The lowest BCUT2D eigenvalue weighted by atomic mass is 9.52. The normalized spacial score (nSPS) is 34.6. The lowest BCUT2D eigenvalue weighted by Gasteiger charge is -2.47. The second-order valence-corrected chi connectivity index (χ2v) is 9.30. The molecule has 1 N–H and O–H groups in total. The fourth-order valence-electron chi connectivity index (χ4n) is 5.24. The van der Waals surface area contributed by atoms with E-state index in [1.54, 1.807) is 18.2 Å². The minimum atomic E-state index is -2.07. The highest BCUT2D eigenvalue weighted by Crippen LogP contribution is 2.59. The van der Waals surface area contributed by atoms with Gasteiger partial charge in [-0.1, -0.05) is 36.8 Å². The van der Waals surface area contributed by atoms with Crippen LogP contribution in [0.1, 0.15) is 69.0 Å². The van der Waals surface area contributed by atoms with Crippen molar-refractivity contribution in [3.8, 4) is 5.75 Å². The number of rotatable bonds is 2. The molecule has 158 valence electrons. The van der Waals surface area contributed by atoms with Crippen LogP contribution in [0.25, 0.3) is 0 Å². The molecule has 3 aliphatic rings. The summed E-state index contributed by atoms with van der Waals surface area (Å²) in [6.07, 6.45) is 3.43. The number of aliphatic hydroxyl groups excluding tert-OH is 1. The van der Waals surface area contributed by atoms with Crippen LogP contribution in [0.3, 0.4) is 0 Å². The van der Waals surface area contributed by atoms with E-state index in [-0.39, 0.29) is 24.5 Å². The molecule has 4 rings (SSSR count). The van der Waals surface area contributed by atoms with Gasteiger partial charge in [-0.05, 0) is 56.7 Å². The first-order valence-corrected chi connectivity index (χ1v) is 10.5. The van der Waals surface area contributed by atoms with Crippen LogP contribution in [0, 0.1) is 16.7 Å². The summed E-state index contributed by atoms with van der Waals surface area (Å²) in [6, 6.07) is 4.96. The molecule has 1 aromatic rings. The van der Waals surface area contributed by atoms with Gasteiger partial charge < -0.3 is 9.84 Å². The predicted molar refractivity (Wildman–Crippen MR) is 112 cm³/mol. The Kier molecular flexibility index (Phi) is 4.85. The molecule has 0 radical (unpaired) electrons. The fraction of sp³-hybridized carbons (Fsp3) is 0.480. The highest BCUT2D eigenvalue weighted by Gasteiger charge is 2.70. The minimum absolute atomic E-state index is 0.0855. The van der Waals surface area contributed by atoms with Crippen LogP contribution in [0.15, 0.2) is 41.5 Å². The maximum atomic E-state index is 14.2. The van der Waals surface area contributed by atoms with E-state index < -0.39 is 34.3 Å². The van der Waals surface area contributed by atoms with Crippen LogP contribution in [0.2, 0.25) is 0 Å². The Morgan fingerprint density at radius 3 is 2.70 bits per heavy atom. The third kappa shape index (κ3) is 2.61. The van der Waals surface area contributed by atoms with Crippen LogP contribution in [-0.4, -0.2) is 29.1 Å². The van der Waals surface area contributed by atoms with Gasteiger partial charge in [-0.15, -0.1) is 0 Å². The predicted octanol–water partition coefficient (Wildman–Crippen LogP) is 4.15. The van der Waals surface area contributed by atoms with Crippen molar-refractivity contribution < 1.29 is 24.2 Å². The summed E-state index contributed by atoms with van der Waals surface area (Å²) in [7, 11) is 0. The maximum Gasteiger partial charge on any atom is 0.191 e. The number of fused-ring (bicyclic) bond motifs is 1. The summed E-state index contributed by atoms with van der Waals surface area (Å²) in [5, 5.41) is 11.3. The molecule has 1 heterocycles. The van der Waals surface area contributed by atoms with Crippen molar-refractivity contribution in [3.63, 3.8) is 0 Å². The van der Waals surface area contributed by atoms with Gasteiger partial charge in [0, 0.05) is 11.8 Å². The second kappa shape index (κ2) is 7.02. The number of hydrogen-bond donors (Lipinski definition) is 1. The smallest absolute Gasteiger partial charge is 0.191 e. The Morgan fingerprint density at radius 2 is 2.00 bits per heavy atom. The lowest BCUT2D eigenvalue weighted by Crippen LogP contribution is -2.60. The number of aliphatic hydroxyl groups is 1. The molecule has 1 unspecified atom stereocenters. The average molecular weight is 408 g/mol. The van der Waals surface area contributed by atoms with E-state index in [1.165, 1.54) is 0 Å². The van der Waals surface area contributed by atoms with Crippen molar-refractivity contribution in [2.45, 2.75) is 53.1 Å². The summed E-state index contributed by atoms with van der Waals surface area (Å²) in [5.41, 5.74) is -0.497. The van der Waals surface area contributed by atoms with Crippen molar-refractivity contribution in [2.24, 2.45) is 16.7 Å². The molecule has 1 spiro atoms. The molecule has 4 atom stereocenters. The van der Waals surface area contributed by atoms with E-state index >= 15 is 0 Å². The Morgan fingerprint density at radius 1 is 1.27 bits per heavy atom. The van der Waals surface area contributed by atoms with Gasteiger partial charge >= 0.3 is 0 Å². The number of benzene rings is 1. The monoisotopic (exact) mass is 408 g/mol. The summed E-state index contributed by atoms with van der Waals surface area (Å²) in [5.74, 6) is -1.46. The molecule has 0 saturated heterocycles. The average Bonchev–Trinajstić information content (AvgIpc) is 2.92. The van der Waals surface area contributed by atoms with E-state index in [4.69, 9.17) is 4.74 Å². The zero-order valence-corrected chi connectivity index (χ0v) is 18.0. The third-order valence-electron chi connectivity index (χ3n) is 7.18. The summed E-state index contributed by atoms with van der Waals surface area (Å²) < 4.78 is 5.90. The molecule has 1 saturated carbocycles. The van der Waals surface area contributed by atoms with Gasteiger partial charge in [-0.25, -0.2) is 0 Å². The van der Waals surface area contributed by atoms with E-state index in [0.29, 0.717) is 24.2 Å². The number of ketones is 3. The Labute approximate surface area is 176 Å². The van der Waals surface area contributed by atoms with Gasteiger partial charge in [-0.3, -0.25) is 14.4 Å². The Balaban J connectivity index is 2.02. The largest absolute Gasteiger partial charge is 0.488 e. The zero-order chi connectivity index (χ0) is 21.8. The quantitative estimate of drug-likeness (QED) is 0.587. The van der Waals surface area contributed by atoms with Crippen molar-refractivity contribution in [1.29, 1.82) is 0 Å². The molecule has 5 heteroatoms. The minimum Gasteiger partial charge on any atom is -0.488 e. The molecule has 2 aliphatic carbocycles. The Hall–Kier alpha value is -2.53. The standard InChI is InChI=1S/C25H28O5/c1-14(2)8-10-24-11-9-15(3)13-30-18-7-5-6-17-20(18)22(28)25(21(17)27,23(24)29)19(26)12-16(24)4/h5-9,16,21,27H,10-13H2,1-4H3/b15-9+/t16-,21+,24?,25+/m0/s1. The van der Waals surface area contributed by atoms with Gasteiger partial charge in [0.1, 0.15) is 18.5 Å². The zero-order valence-electron chi connectivity index (χ0n) is 18.0. The van der Waals surface area contributed by atoms with Gasteiger partial charge in [-0.2, -0.15) is 0 Å². The molecule has 5 nitrogen and oxygen atoms in total. The highest BCUT2D eigenvalue weighted by molar-refractivity contribution is 6.34. The highest BCUT2D eigenvalue weighted by atomic mass is 16.5. The van der Waals surface area contributed by atoms with Gasteiger partial charge in [0.25, 0.3) is 0 Å². The number of carbonyl (C=O) groups excluding carboxylic acids is 3. The molecule has 30 heavy (non-hydrogen) atoms. The Bertz CT molecular complexity index is 1010. The fourth-order valence-corrected chi connectivity index (χ4v) is 5.24. The van der Waals surface area contributed by atoms with Crippen LogP contribution in [0.4, 0.5) is 0 Å². The number of carbonyl (C=O) groups is 3. The molecular weight excluding hydrogens is 380 g/mol. The molecule has 0 amide bonds. The van der Waals surface area contributed by atoms with Gasteiger partial charge in [0.15, 0.2) is 22.8 Å². The topological polar surface area (TPSA) is 80.7 Å². The molecular formula is C25H28O5. The summed E-state index contributed by atoms with van der Waals surface area (Å²) >= 11 is 0. The summed E-state index contributed by atoms with van der Waals surface area (Å²) in [6.45, 7) is 8.06. The first-order chi connectivity index (χ1) is 14.2. The van der Waals surface area contributed by atoms with E-state index in [9.17, 15) is 19.5 Å². The molecule has 1 fully saturated rings. The van der Waals surface area contributed by atoms with Crippen molar-refractivity contribution >= 4 is 17.3 Å². The van der Waals surface area contributed by atoms with E-state index in [0.717, 1.165) is 11.1 Å². The van der Waals surface area contributed by atoms with Crippen LogP contribution in [0.5, 0.6) is 5.75 Å². The summed E-state index contributed by atoms with van der Waals surface area (Å²) in [4.78, 5) is 41.3. The van der Waals surface area contributed by atoms with Crippen molar-refractivity contribution in [3.05, 3.63) is 52.6 Å². The number of ether oxygens (including phenoxy) is 1. The van der Waals surface area contributed by atoms with Gasteiger partial charge in [0.2, 0.25) is 0 Å². The number of allylic oxidation sites excluding steroid dienone is 3. The van der Waals surface area contributed by atoms with Gasteiger partial charge in [0.05, 0.1) is 5.56 Å².